The van der Waals surface area contributed by atoms with E-state index in [-0.39, 0.29) is 36.4 Å². The van der Waals surface area contributed by atoms with Crippen LogP contribution >= 0.6 is 0 Å². The fraction of sp³-hybridized carbons (Fsp3) is 0.167. The second kappa shape index (κ2) is 10.1. The molecule has 1 saturated heterocycles. The highest BCUT2D eigenvalue weighted by Gasteiger charge is 2.70. The van der Waals surface area contributed by atoms with Crippen LogP contribution in [0.15, 0.2) is 97.2 Å². The number of hydrogen-bond donors (Lipinski definition) is 1. The Bertz CT molecular complexity index is 2000. The van der Waals surface area contributed by atoms with Crippen LogP contribution in [0.5, 0.6) is 17.2 Å². The van der Waals surface area contributed by atoms with E-state index < -0.39 is 29.2 Å². The highest BCUT2D eigenvalue weighted by molar-refractivity contribution is 6.17. The second-order valence-electron chi connectivity index (χ2n) is 11.3. The van der Waals surface area contributed by atoms with Crippen LogP contribution in [-0.4, -0.2) is 41.8 Å². The summed E-state index contributed by atoms with van der Waals surface area (Å²) in [6.07, 6.45) is 3.72. The van der Waals surface area contributed by atoms with E-state index in [1.807, 2.05) is 71.8 Å². The summed E-state index contributed by atoms with van der Waals surface area (Å²) in [5, 5.41) is 12.3. The topological polar surface area (TPSA) is 118 Å². The van der Waals surface area contributed by atoms with Gasteiger partial charge in [-0.1, -0.05) is 54.6 Å². The summed E-state index contributed by atoms with van der Waals surface area (Å²) in [4.78, 5) is 46.5. The average Bonchev–Trinajstić information content (AvgIpc) is 3.76. The zero-order chi connectivity index (χ0) is 30.7. The Morgan fingerprint density at radius 2 is 1.73 bits per heavy atom. The average molecular weight is 596 g/mol. The maximum atomic E-state index is 15.1. The minimum absolute atomic E-state index is 0.0359. The summed E-state index contributed by atoms with van der Waals surface area (Å²) in [5.74, 6) is -1.13. The van der Waals surface area contributed by atoms with E-state index in [9.17, 15) is 14.9 Å². The van der Waals surface area contributed by atoms with Gasteiger partial charge in [0.25, 0.3) is 0 Å². The number of nitrogens with one attached hydrogen (secondary N) is 1. The molecule has 1 fully saturated rings. The number of ether oxygens (including phenoxy) is 3. The third-order valence-electron chi connectivity index (χ3n) is 9.22. The Balaban J connectivity index is 1.40. The quantitative estimate of drug-likeness (QED) is 0.299. The molecular formula is C36H25N3O6. The third kappa shape index (κ3) is 3.75. The lowest BCUT2D eigenvalue weighted by Crippen LogP contribution is -2.49. The number of hydrogen-bond acceptors (Lipinski definition) is 8. The SMILES string of the molecule is N#CCOc1ccccc1C(=O)[C@H]1[C@@H](C(=O)c2ccc3c(c2)OCO3)[C@@]2(C(=O)Nc3ccccc32)[C@H]2c3ccccc3C=CN12. The Labute approximate surface area is 258 Å². The van der Waals surface area contributed by atoms with Crippen molar-refractivity contribution >= 4 is 29.2 Å². The fourth-order valence-corrected chi connectivity index (χ4v) is 7.46. The molecule has 8 rings (SSSR count). The van der Waals surface area contributed by atoms with Crippen molar-refractivity contribution < 1.29 is 28.6 Å². The first kappa shape index (κ1) is 26.7. The van der Waals surface area contributed by atoms with Gasteiger partial charge in [0.15, 0.2) is 29.7 Å². The van der Waals surface area contributed by atoms with Gasteiger partial charge in [0.05, 0.1) is 17.5 Å². The van der Waals surface area contributed by atoms with Crippen LogP contribution in [0.1, 0.15) is 43.4 Å². The molecule has 4 atom stereocenters. The lowest BCUT2D eigenvalue weighted by atomic mass is 9.62. The summed E-state index contributed by atoms with van der Waals surface area (Å²) >= 11 is 0. The Hall–Kier alpha value is -5.88. The van der Waals surface area contributed by atoms with E-state index >= 15 is 4.79 Å². The molecule has 0 unspecified atom stereocenters. The van der Waals surface area contributed by atoms with E-state index in [0.29, 0.717) is 28.3 Å². The molecule has 0 saturated carbocycles. The van der Waals surface area contributed by atoms with Crippen molar-refractivity contribution in [3.05, 3.63) is 125 Å². The number of ketones is 2. The minimum Gasteiger partial charge on any atom is -0.478 e. The first-order valence-corrected chi connectivity index (χ1v) is 14.6. The zero-order valence-electron chi connectivity index (χ0n) is 23.8. The summed E-state index contributed by atoms with van der Waals surface area (Å²) in [6, 6.07) is 26.9. The van der Waals surface area contributed by atoms with Gasteiger partial charge in [-0.2, -0.15) is 5.26 Å². The van der Waals surface area contributed by atoms with Crippen molar-refractivity contribution in [1.29, 1.82) is 5.26 Å². The van der Waals surface area contributed by atoms with Crippen LogP contribution in [-0.2, 0) is 10.2 Å². The molecule has 1 N–H and O–H groups in total. The summed E-state index contributed by atoms with van der Waals surface area (Å²) < 4.78 is 16.8. The van der Waals surface area contributed by atoms with Gasteiger partial charge in [0.2, 0.25) is 12.7 Å². The minimum atomic E-state index is -1.48. The van der Waals surface area contributed by atoms with Crippen molar-refractivity contribution in [1.82, 2.24) is 4.90 Å². The zero-order valence-corrected chi connectivity index (χ0v) is 23.8. The first-order valence-electron chi connectivity index (χ1n) is 14.6. The first-order chi connectivity index (χ1) is 22.0. The monoisotopic (exact) mass is 595 g/mol. The van der Waals surface area contributed by atoms with Crippen molar-refractivity contribution in [3.63, 3.8) is 0 Å². The van der Waals surface area contributed by atoms with Gasteiger partial charge in [0.1, 0.15) is 23.3 Å². The van der Waals surface area contributed by atoms with Crippen molar-refractivity contribution in [2.24, 2.45) is 5.92 Å². The maximum Gasteiger partial charge on any atom is 0.238 e. The van der Waals surface area contributed by atoms with Gasteiger partial charge in [-0.15, -0.1) is 0 Å². The van der Waals surface area contributed by atoms with Gasteiger partial charge in [-0.05, 0) is 59.2 Å². The predicted molar refractivity (Wildman–Crippen MR) is 163 cm³/mol. The van der Waals surface area contributed by atoms with Crippen molar-refractivity contribution in [2.45, 2.75) is 17.5 Å². The molecule has 4 aliphatic heterocycles. The van der Waals surface area contributed by atoms with Crippen LogP contribution in [0.2, 0.25) is 0 Å². The largest absolute Gasteiger partial charge is 0.478 e. The van der Waals surface area contributed by atoms with Crippen LogP contribution in [0.4, 0.5) is 5.69 Å². The predicted octanol–water partition coefficient (Wildman–Crippen LogP) is 5.30. The van der Waals surface area contributed by atoms with E-state index in [2.05, 4.69) is 5.32 Å². The molecule has 1 spiro atoms. The number of benzene rings is 4. The van der Waals surface area contributed by atoms with Crippen LogP contribution in [0, 0.1) is 17.2 Å². The summed E-state index contributed by atoms with van der Waals surface area (Å²) in [6.45, 7) is -0.220. The number of carbonyl (C=O) groups excluding carboxylic acids is 3. The van der Waals surface area contributed by atoms with Gasteiger partial charge < -0.3 is 24.4 Å². The van der Waals surface area contributed by atoms with Crippen LogP contribution in [0.25, 0.3) is 6.08 Å². The van der Waals surface area contributed by atoms with E-state index in [1.165, 1.54) is 0 Å². The molecule has 9 nitrogen and oxygen atoms in total. The number of carbonyl (C=O) groups is 3. The number of anilines is 1. The fourth-order valence-electron chi connectivity index (χ4n) is 7.46. The number of Topliss-reactive ketones (excluding diaryl/α,β-unsaturated/α-hetero) is 2. The Morgan fingerprint density at radius 1 is 0.956 bits per heavy atom. The lowest BCUT2D eigenvalue weighted by Gasteiger charge is -2.38. The van der Waals surface area contributed by atoms with Gasteiger partial charge in [-0.25, -0.2) is 0 Å². The van der Waals surface area contributed by atoms with Crippen LogP contribution in [0.3, 0.4) is 0 Å². The summed E-state index contributed by atoms with van der Waals surface area (Å²) in [5.41, 5.74) is 2.02. The van der Waals surface area contributed by atoms with Gasteiger partial charge >= 0.3 is 0 Å². The molecule has 0 aromatic heterocycles. The molecule has 4 aromatic carbocycles. The number of nitriles is 1. The molecule has 45 heavy (non-hydrogen) atoms. The summed E-state index contributed by atoms with van der Waals surface area (Å²) in [7, 11) is 0. The van der Waals surface area contributed by atoms with E-state index in [0.717, 1.165) is 11.1 Å². The molecule has 0 aliphatic carbocycles. The Morgan fingerprint density at radius 3 is 2.62 bits per heavy atom. The standard InChI is InChI=1S/C36H25N3O6/c37-16-18-43-27-12-6-3-9-24(27)33(41)31-30(32(40)22-13-14-28-29(19-22)45-20-44-28)36(25-10-4-5-11-26(25)38-35(36)42)34-23-8-2-1-7-21(23)15-17-39(31)34/h1-15,17,19,30-31,34H,18,20H2,(H,38,42)/t30-,31+,34+,36+/m0/s1. The molecule has 1 amide bonds. The van der Waals surface area contributed by atoms with Crippen LogP contribution < -0.4 is 19.5 Å². The Kier molecular flexibility index (Phi) is 6.00. The number of amides is 1. The smallest absolute Gasteiger partial charge is 0.238 e. The lowest BCUT2D eigenvalue weighted by molar-refractivity contribution is -0.122. The molecule has 0 radical (unpaired) electrons. The van der Waals surface area contributed by atoms with E-state index in [1.54, 1.807) is 42.5 Å². The van der Waals surface area contributed by atoms with E-state index in [4.69, 9.17) is 14.2 Å². The number of rotatable bonds is 6. The molecule has 4 heterocycles. The molecule has 4 aromatic rings. The van der Waals surface area contributed by atoms with Gasteiger partial charge in [-0.3, -0.25) is 14.4 Å². The van der Waals surface area contributed by atoms with Crippen molar-refractivity contribution in [2.75, 3.05) is 18.7 Å². The molecular weight excluding hydrogens is 570 g/mol. The number of fused-ring (bicyclic) bond motifs is 7. The number of nitrogens with zero attached hydrogens (tertiary/aromatic N) is 2. The highest BCUT2D eigenvalue weighted by Crippen LogP contribution is 2.62. The molecule has 0 bridgehead atoms. The van der Waals surface area contributed by atoms with Crippen molar-refractivity contribution in [3.8, 4) is 23.3 Å². The maximum absolute atomic E-state index is 15.1. The number of para-hydroxylation sites is 2. The van der Waals surface area contributed by atoms with Gasteiger partial charge in [0, 0.05) is 17.5 Å². The molecule has 220 valence electrons. The molecule has 9 heteroatoms. The highest BCUT2D eigenvalue weighted by atomic mass is 16.7. The molecule has 4 aliphatic rings. The third-order valence-corrected chi connectivity index (χ3v) is 9.22. The second-order valence-corrected chi connectivity index (χ2v) is 11.3. The normalized spacial score (nSPS) is 23.1.